The molecule has 2 amide bonds. The fourth-order valence-electron chi connectivity index (χ4n) is 2.41. The number of rotatable bonds is 3. The third kappa shape index (κ3) is 2.85. The zero-order valence-corrected chi connectivity index (χ0v) is 14.0. The lowest BCUT2D eigenvalue weighted by atomic mass is 10.1. The molecule has 1 aliphatic rings. The Bertz CT molecular complexity index is 842. The summed E-state index contributed by atoms with van der Waals surface area (Å²) in [5.41, 5.74) is 1.98. The van der Waals surface area contributed by atoms with Gasteiger partial charge in [-0.25, -0.2) is 0 Å². The molecule has 1 aromatic carbocycles. The molecule has 2 aromatic rings. The molecule has 1 aliphatic heterocycles. The molecule has 3 rings (SSSR count). The van der Waals surface area contributed by atoms with Crippen molar-refractivity contribution >= 4 is 47.0 Å². The first-order chi connectivity index (χ1) is 11.5. The lowest BCUT2D eigenvalue weighted by Gasteiger charge is -2.32. The molecule has 0 N–H and O–H groups in total. The van der Waals surface area contributed by atoms with E-state index in [9.17, 15) is 9.59 Å². The summed E-state index contributed by atoms with van der Waals surface area (Å²) >= 11 is 5.27. The number of aromatic nitrogens is 1. The Balaban J connectivity index is 1.98. The van der Waals surface area contributed by atoms with Crippen molar-refractivity contribution in [1.29, 1.82) is 0 Å². The van der Waals surface area contributed by atoms with Crippen molar-refractivity contribution < 1.29 is 14.1 Å². The van der Waals surface area contributed by atoms with Crippen LogP contribution in [-0.4, -0.2) is 34.0 Å². The van der Waals surface area contributed by atoms with Gasteiger partial charge in [-0.05, 0) is 30.8 Å². The summed E-state index contributed by atoms with van der Waals surface area (Å²) in [7, 11) is 1.55. The largest absolute Gasteiger partial charge is 0.354 e. The molecule has 1 fully saturated rings. The van der Waals surface area contributed by atoms with Gasteiger partial charge in [0.1, 0.15) is 17.8 Å². The molecule has 0 aliphatic carbocycles. The van der Waals surface area contributed by atoms with Gasteiger partial charge in [0.2, 0.25) is 11.8 Å². The van der Waals surface area contributed by atoms with E-state index in [0.29, 0.717) is 17.1 Å². The second-order valence-electron chi connectivity index (χ2n) is 5.37. The summed E-state index contributed by atoms with van der Waals surface area (Å²) in [6.45, 7) is 1.73. The topological polar surface area (TPSA) is 66.7 Å². The number of carbonyl (C=O) groups excluding carboxylic acids is 2. The molecule has 1 saturated heterocycles. The van der Waals surface area contributed by atoms with E-state index >= 15 is 0 Å². The number of hydrogen-bond acceptors (Lipinski definition) is 5. The first-order valence-corrected chi connectivity index (χ1v) is 7.72. The number of carbonyl (C=O) groups is 2. The fraction of sp³-hybridized carbons (Fsp3) is 0.176. The number of benzene rings is 1. The van der Waals surface area contributed by atoms with Crippen LogP contribution in [0.2, 0.25) is 0 Å². The van der Waals surface area contributed by atoms with E-state index in [2.05, 4.69) is 5.16 Å². The van der Waals surface area contributed by atoms with E-state index in [1.165, 1.54) is 9.80 Å². The van der Waals surface area contributed by atoms with Crippen molar-refractivity contribution in [3.8, 4) is 0 Å². The number of thiocarbonyl (C=S) groups is 1. The van der Waals surface area contributed by atoms with Crippen LogP contribution in [0, 0.1) is 6.92 Å². The smallest absolute Gasteiger partial charge is 0.242 e. The normalized spacial score (nSPS) is 15.7. The van der Waals surface area contributed by atoms with E-state index in [0.717, 1.165) is 5.56 Å². The van der Waals surface area contributed by atoms with Crippen LogP contribution < -0.4 is 4.90 Å². The number of nitrogens with zero attached hydrogens (tertiary/aromatic N) is 3. The van der Waals surface area contributed by atoms with E-state index in [-0.39, 0.29) is 23.3 Å². The fourth-order valence-corrected chi connectivity index (χ4v) is 2.71. The maximum atomic E-state index is 12.3. The monoisotopic (exact) mass is 341 g/mol. The van der Waals surface area contributed by atoms with Gasteiger partial charge < -0.3 is 4.52 Å². The number of aryl methyl sites for hydroxylation is 1. The van der Waals surface area contributed by atoms with Crippen LogP contribution in [0.15, 0.2) is 34.9 Å². The molecule has 0 spiro atoms. The predicted molar refractivity (Wildman–Crippen MR) is 94.1 cm³/mol. The molecule has 0 unspecified atom stereocenters. The van der Waals surface area contributed by atoms with Crippen LogP contribution in [0.5, 0.6) is 0 Å². The van der Waals surface area contributed by atoms with Crippen molar-refractivity contribution in [1.82, 2.24) is 10.1 Å². The summed E-state index contributed by atoms with van der Waals surface area (Å²) in [6, 6.07) is 9.68. The molecule has 0 saturated carbocycles. The van der Waals surface area contributed by atoms with Gasteiger partial charge in [-0.1, -0.05) is 41.6 Å². The first-order valence-electron chi connectivity index (χ1n) is 7.32. The second kappa shape index (κ2) is 6.37. The van der Waals surface area contributed by atoms with Gasteiger partial charge in [0.15, 0.2) is 10.9 Å². The minimum absolute atomic E-state index is 0.122. The molecule has 2 heterocycles. The maximum absolute atomic E-state index is 12.3. The van der Waals surface area contributed by atoms with Gasteiger partial charge in [0.25, 0.3) is 0 Å². The molecular weight excluding hydrogens is 326 g/mol. The second-order valence-corrected chi connectivity index (χ2v) is 5.73. The molecule has 0 radical (unpaired) electrons. The highest BCUT2D eigenvalue weighted by atomic mass is 32.1. The molecule has 1 aromatic heterocycles. The average molecular weight is 341 g/mol. The van der Waals surface area contributed by atoms with Crippen molar-refractivity contribution in [3.63, 3.8) is 0 Å². The third-order valence-electron chi connectivity index (χ3n) is 3.71. The molecule has 7 heteroatoms. The van der Waals surface area contributed by atoms with Gasteiger partial charge in [-0.2, -0.15) is 0 Å². The minimum atomic E-state index is -0.385. The van der Waals surface area contributed by atoms with Crippen molar-refractivity contribution in [2.45, 2.75) is 13.3 Å². The van der Waals surface area contributed by atoms with Crippen LogP contribution in [-0.2, 0) is 9.59 Å². The van der Waals surface area contributed by atoms with E-state index < -0.39 is 0 Å². The minimum Gasteiger partial charge on any atom is -0.354 e. The Morgan fingerprint density at radius 1 is 1.17 bits per heavy atom. The summed E-state index contributed by atoms with van der Waals surface area (Å²) in [5, 5.41) is 4.06. The van der Waals surface area contributed by atoms with Crippen LogP contribution in [0.3, 0.4) is 0 Å². The highest BCUT2D eigenvalue weighted by Gasteiger charge is 2.36. The Morgan fingerprint density at radius 2 is 1.88 bits per heavy atom. The molecule has 122 valence electrons. The van der Waals surface area contributed by atoms with Crippen LogP contribution in [0.4, 0.5) is 5.69 Å². The Kier molecular flexibility index (Phi) is 4.26. The average Bonchev–Trinajstić information content (AvgIpc) is 2.93. The van der Waals surface area contributed by atoms with Gasteiger partial charge in [0.05, 0.1) is 0 Å². The van der Waals surface area contributed by atoms with Crippen LogP contribution >= 0.6 is 12.2 Å². The number of anilines is 1. The molecule has 6 nitrogen and oxygen atoms in total. The summed E-state index contributed by atoms with van der Waals surface area (Å²) < 4.78 is 5.34. The van der Waals surface area contributed by atoms with Crippen molar-refractivity contribution in [3.05, 3.63) is 47.3 Å². The summed E-state index contributed by atoms with van der Waals surface area (Å²) in [6.07, 6.45) is 3.36. The van der Waals surface area contributed by atoms with Gasteiger partial charge in [-0.3, -0.25) is 19.4 Å². The SMILES string of the molecule is Cc1noc(/C=C/c2ccccc2)c1N1C(=O)CC(=O)N(C)C1=S. The standard InChI is InChI=1S/C17H15N3O3S/c1-11-16(20-15(22)10-14(21)19(2)17(20)24)13(23-18-11)9-8-12-6-4-3-5-7-12/h3-9H,10H2,1-2H3/b9-8+. The summed E-state index contributed by atoms with van der Waals surface area (Å²) in [5.74, 6) is -0.296. The highest BCUT2D eigenvalue weighted by Crippen LogP contribution is 2.30. The summed E-state index contributed by atoms with van der Waals surface area (Å²) in [4.78, 5) is 26.7. The lowest BCUT2D eigenvalue weighted by Crippen LogP contribution is -2.53. The lowest BCUT2D eigenvalue weighted by molar-refractivity contribution is -0.132. The zero-order valence-electron chi connectivity index (χ0n) is 13.2. The van der Waals surface area contributed by atoms with E-state index in [1.54, 1.807) is 20.0 Å². The number of amides is 2. The Hall–Kier alpha value is -2.80. The van der Waals surface area contributed by atoms with Gasteiger partial charge in [-0.15, -0.1) is 0 Å². The van der Waals surface area contributed by atoms with E-state index in [1.807, 2.05) is 36.4 Å². The highest BCUT2D eigenvalue weighted by molar-refractivity contribution is 7.80. The Labute approximate surface area is 144 Å². The predicted octanol–water partition coefficient (Wildman–Crippen LogP) is 2.63. The molecule has 24 heavy (non-hydrogen) atoms. The van der Waals surface area contributed by atoms with Crippen LogP contribution in [0.25, 0.3) is 12.2 Å². The molecular formula is C17H15N3O3S. The third-order valence-corrected chi connectivity index (χ3v) is 4.17. The van der Waals surface area contributed by atoms with E-state index in [4.69, 9.17) is 16.7 Å². The van der Waals surface area contributed by atoms with Crippen molar-refractivity contribution in [2.75, 3.05) is 11.9 Å². The number of hydrogen-bond donors (Lipinski definition) is 0. The van der Waals surface area contributed by atoms with Crippen molar-refractivity contribution in [2.24, 2.45) is 0 Å². The molecule has 0 atom stereocenters. The quantitative estimate of drug-likeness (QED) is 0.634. The maximum Gasteiger partial charge on any atom is 0.242 e. The van der Waals surface area contributed by atoms with Gasteiger partial charge in [0, 0.05) is 7.05 Å². The van der Waals surface area contributed by atoms with Gasteiger partial charge >= 0.3 is 0 Å². The first kappa shape index (κ1) is 16.1. The zero-order chi connectivity index (χ0) is 17.3. The Morgan fingerprint density at radius 3 is 2.58 bits per heavy atom. The molecule has 0 bridgehead atoms. The van der Waals surface area contributed by atoms with Crippen LogP contribution in [0.1, 0.15) is 23.4 Å².